The number of amides is 1. The molecule has 0 bridgehead atoms. The van der Waals surface area contributed by atoms with Gasteiger partial charge in [-0.05, 0) is 36.1 Å². The molecule has 3 atom stereocenters. The molecule has 1 amide bonds. The largest absolute Gasteiger partial charge is 0.469 e. The second-order valence-corrected chi connectivity index (χ2v) is 8.18. The van der Waals surface area contributed by atoms with Crippen LogP contribution in [0.4, 0.5) is 4.79 Å². The van der Waals surface area contributed by atoms with Crippen LogP contribution < -0.4 is 10.6 Å². The van der Waals surface area contributed by atoms with Crippen molar-refractivity contribution >= 4 is 17.8 Å². The standard InChI is InChI=1S/C25H30N2O6/c1-15(28)24(16(2)29)26-13-17(12-23(30)32-3)27-25(31)33-14-22-20-10-6-4-8-18(20)19-9-5-7-11-21(19)22/h4-11,15,17,22,24,26,28H,12-14H2,1-3H3,(H,27,31)/t15?,17-,24+/m1/s1. The van der Waals surface area contributed by atoms with E-state index in [-0.39, 0.29) is 31.3 Å². The third-order valence-electron chi connectivity index (χ3n) is 5.81. The highest BCUT2D eigenvalue weighted by molar-refractivity contribution is 5.82. The maximum absolute atomic E-state index is 12.6. The molecule has 1 aliphatic rings. The average Bonchev–Trinajstić information content (AvgIpc) is 3.11. The van der Waals surface area contributed by atoms with Gasteiger partial charge in [-0.15, -0.1) is 0 Å². The molecule has 8 nitrogen and oxygen atoms in total. The predicted molar refractivity (Wildman–Crippen MR) is 123 cm³/mol. The highest BCUT2D eigenvalue weighted by atomic mass is 16.5. The number of benzene rings is 2. The Morgan fingerprint density at radius 3 is 2.12 bits per heavy atom. The lowest BCUT2D eigenvalue weighted by Gasteiger charge is -2.23. The van der Waals surface area contributed by atoms with Gasteiger partial charge in [0.05, 0.1) is 31.7 Å². The molecule has 1 aliphatic carbocycles. The fourth-order valence-electron chi connectivity index (χ4n) is 4.19. The summed E-state index contributed by atoms with van der Waals surface area (Å²) >= 11 is 0. The van der Waals surface area contributed by atoms with E-state index < -0.39 is 30.3 Å². The Kier molecular flexibility index (Phi) is 8.19. The van der Waals surface area contributed by atoms with Crippen LogP contribution in [0.1, 0.15) is 37.3 Å². The van der Waals surface area contributed by atoms with Gasteiger partial charge in [0.1, 0.15) is 12.4 Å². The second kappa shape index (κ2) is 11.1. The first-order chi connectivity index (χ1) is 15.8. The Balaban J connectivity index is 1.64. The molecule has 2 aromatic carbocycles. The van der Waals surface area contributed by atoms with Crippen LogP contribution in [-0.2, 0) is 19.1 Å². The SMILES string of the molecule is COC(=O)C[C@H](CN[C@H](C(C)=O)C(C)O)NC(=O)OCC1c2ccccc2-c2ccccc21. The van der Waals surface area contributed by atoms with Crippen molar-refractivity contribution in [2.75, 3.05) is 20.3 Å². The zero-order valence-electron chi connectivity index (χ0n) is 19.0. The number of esters is 1. The van der Waals surface area contributed by atoms with E-state index in [2.05, 4.69) is 22.8 Å². The molecule has 3 N–H and O–H groups in total. The van der Waals surface area contributed by atoms with Crippen LogP contribution in [0, 0.1) is 0 Å². The molecular weight excluding hydrogens is 424 g/mol. The zero-order chi connectivity index (χ0) is 24.0. The van der Waals surface area contributed by atoms with Crippen molar-refractivity contribution in [2.45, 2.75) is 44.4 Å². The minimum Gasteiger partial charge on any atom is -0.469 e. The minimum absolute atomic E-state index is 0.0778. The monoisotopic (exact) mass is 454 g/mol. The maximum Gasteiger partial charge on any atom is 0.407 e. The van der Waals surface area contributed by atoms with Crippen LogP contribution in [-0.4, -0.2) is 61.4 Å². The van der Waals surface area contributed by atoms with Crippen LogP contribution in [0.3, 0.4) is 0 Å². The fourth-order valence-corrected chi connectivity index (χ4v) is 4.19. The first kappa shape index (κ1) is 24.4. The second-order valence-electron chi connectivity index (χ2n) is 8.18. The number of carbonyl (C=O) groups is 3. The first-order valence-corrected chi connectivity index (χ1v) is 10.9. The molecule has 33 heavy (non-hydrogen) atoms. The molecule has 0 spiro atoms. The summed E-state index contributed by atoms with van der Waals surface area (Å²) in [5.74, 6) is -0.849. The van der Waals surface area contributed by atoms with Crippen molar-refractivity contribution in [1.82, 2.24) is 10.6 Å². The number of carbonyl (C=O) groups excluding carboxylic acids is 3. The number of hydrogen-bond acceptors (Lipinski definition) is 7. The summed E-state index contributed by atoms with van der Waals surface area (Å²) in [6, 6.07) is 14.6. The van der Waals surface area contributed by atoms with E-state index in [9.17, 15) is 19.5 Å². The summed E-state index contributed by atoms with van der Waals surface area (Å²) in [5, 5.41) is 15.4. The summed E-state index contributed by atoms with van der Waals surface area (Å²) in [6.45, 7) is 3.07. The fraction of sp³-hybridized carbons (Fsp3) is 0.400. The minimum atomic E-state index is -0.921. The van der Waals surface area contributed by atoms with Gasteiger partial charge in [0.2, 0.25) is 0 Å². The van der Waals surface area contributed by atoms with Gasteiger partial charge in [0, 0.05) is 12.5 Å². The van der Waals surface area contributed by atoms with Crippen molar-refractivity contribution in [3.8, 4) is 11.1 Å². The van der Waals surface area contributed by atoms with Crippen LogP contribution in [0.25, 0.3) is 11.1 Å². The molecule has 176 valence electrons. The number of methoxy groups -OCH3 is 1. The van der Waals surface area contributed by atoms with Crippen LogP contribution in [0.15, 0.2) is 48.5 Å². The van der Waals surface area contributed by atoms with Crippen molar-refractivity contribution in [2.24, 2.45) is 0 Å². The molecule has 0 heterocycles. The van der Waals surface area contributed by atoms with Crippen LogP contribution in [0.2, 0.25) is 0 Å². The number of rotatable bonds is 10. The lowest BCUT2D eigenvalue weighted by molar-refractivity contribution is -0.141. The van der Waals surface area contributed by atoms with Crippen molar-refractivity contribution in [3.63, 3.8) is 0 Å². The summed E-state index contributed by atoms with van der Waals surface area (Å²) in [7, 11) is 1.26. The van der Waals surface area contributed by atoms with Gasteiger partial charge in [-0.1, -0.05) is 48.5 Å². The van der Waals surface area contributed by atoms with Crippen molar-refractivity contribution in [1.29, 1.82) is 0 Å². The first-order valence-electron chi connectivity index (χ1n) is 10.9. The molecular formula is C25H30N2O6. The van der Waals surface area contributed by atoms with Gasteiger partial charge in [0.25, 0.3) is 0 Å². The molecule has 0 aliphatic heterocycles. The third-order valence-corrected chi connectivity index (χ3v) is 5.81. The number of nitrogens with one attached hydrogen (secondary N) is 2. The summed E-state index contributed by atoms with van der Waals surface area (Å²) in [6.07, 6.45) is -1.71. The quantitative estimate of drug-likeness (QED) is 0.472. The molecule has 3 rings (SSSR count). The number of aliphatic hydroxyl groups excluding tert-OH is 1. The van der Waals surface area contributed by atoms with Gasteiger partial charge in [-0.2, -0.15) is 0 Å². The van der Waals surface area contributed by atoms with Gasteiger partial charge in [0.15, 0.2) is 0 Å². The molecule has 2 aromatic rings. The molecule has 1 unspecified atom stereocenters. The number of ether oxygens (including phenoxy) is 2. The van der Waals surface area contributed by atoms with Crippen molar-refractivity contribution in [3.05, 3.63) is 59.7 Å². The van der Waals surface area contributed by atoms with E-state index in [0.29, 0.717) is 0 Å². The van der Waals surface area contributed by atoms with Gasteiger partial charge in [-0.3, -0.25) is 9.59 Å². The maximum atomic E-state index is 12.6. The number of fused-ring (bicyclic) bond motifs is 3. The Hall–Kier alpha value is -3.23. The zero-order valence-corrected chi connectivity index (χ0v) is 19.0. The Labute approximate surface area is 193 Å². The molecule has 0 fully saturated rings. The molecule has 8 heteroatoms. The van der Waals surface area contributed by atoms with Gasteiger partial charge in [-0.25, -0.2) is 4.79 Å². The van der Waals surface area contributed by atoms with Gasteiger partial charge >= 0.3 is 12.1 Å². The summed E-state index contributed by atoms with van der Waals surface area (Å²) < 4.78 is 10.2. The highest BCUT2D eigenvalue weighted by Crippen LogP contribution is 2.44. The number of ketones is 1. The number of Topliss-reactive ketones (excluding diaryl/α,β-unsaturated/α-hetero) is 1. The molecule has 0 saturated carbocycles. The number of hydrogen-bond donors (Lipinski definition) is 3. The van der Waals surface area contributed by atoms with E-state index in [4.69, 9.17) is 9.47 Å². The summed E-state index contributed by atoms with van der Waals surface area (Å²) in [5.41, 5.74) is 4.45. The summed E-state index contributed by atoms with van der Waals surface area (Å²) in [4.78, 5) is 36.1. The average molecular weight is 455 g/mol. The lowest BCUT2D eigenvalue weighted by atomic mass is 9.98. The lowest BCUT2D eigenvalue weighted by Crippen LogP contribution is -2.51. The predicted octanol–water partition coefficient (Wildman–Crippen LogP) is 2.38. The highest BCUT2D eigenvalue weighted by Gasteiger charge is 2.29. The topological polar surface area (TPSA) is 114 Å². The van der Waals surface area contributed by atoms with Crippen LogP contribution >= 0.6 is 0 Å². The Morgan fingerprint density at radius 1 is 1.03 bits per heavy atom. The normalized spacial score (nSPS) is 15.0. The van der Waals surface area contributed by atoms with E-state index in [1.54, 1.807) is 0 Å². The smallest absolute Gasteiger partial charge is 0.407 e. The number of aliphatic hydroxyl groups is 1. The van der Waals surface area contributed by atoms with E-state index >= 15 is 0 Å². The molecule has 0 aromatic heterocycles. The molecule has 0 saturated heterocycles. The van der Waals surface area contributed by atoms with Gasteiger partial charge < -0.3 is 25.2 Å². The number of alkyl carbamates (subject to hydrolysis) is 1. The van der Waals surface area contributed by atoms with Crippen LogP contribution in [0.5, 0.6) is 0 Å². The Morgan fingerprint density at radius 2 is 1.61 bits per heavy atom. The van der Waals surface area contributed by atoms with E-state index in [0.717, 1.165) is 22.3 Å². The van der Waals surface area contributed by atoms with Crippen molar-refractivity contribution < 1.29 is 29.0 Å². The van der Waals surface area contributed by atoms with E-state index in [1.165, 1.54) is 21.0 Å². The molecule has 0 radical (unpaired) electrons. The Bertz CT molecular complexity index is 960. The van der Waals surface area contributed by atoms with E-state index in [1.807, 2.05) is 36.4 Å². The third kappa shape index (κ3) is 5.97.